The van der Waals surface area contributed by atoms with Crippen LogP contribution in [0.2, 0.25) is 0 Å². The van der Waals surface area contributed by atoms with Crippen molar-refractivity contribution < 1.29 is 59.6 Å². The van der Waals surface area contributed by atoms with Crippen molar-refractivity contribution in [2.75, 3.05) is 0 Å². The molecule has 0 radical (unpaired) electrons. The number of hydrogen-bond acceptors (Lipinski definition) is 7. The maximum absolute atomic E-state index is 12.0. The van der Waals surface area contributed by atoms with Crippen LogP contribution in [0.1, 0.15) is 182 Å². The van der Waals surface area contributed by atoms with Gasteiger partial charge in [-0.05, 0) is 19.3 Å². The number of unbranched alkanes of at least 4 members (excludes halogenated alkanes) is 20. The van der Waals surface area contributed by atoms with Gasteiger partial charge in [0.15, 0.2) is 0 Å². The molecule has 7 nitrogen and oxygen atoms in total. The first kappa shape index (κ1) is 42.4. The average molecular weight is 592 g/mol. The van der Waals surface area contributed by atoms with E-state index in [2.05, 4.69) is 13.8 Å². The Kier molecular flexibility index (Phi) is 33.2. The van der Waals surface area contributed by atoms with Crippen LogP contribution in [0, 0.1) is 0 Å². The third-order valence-electron chi connectivity index (χ3n) is 7.37. The molecule has 0 saturated carbocycles. The fourth-order valence-corrected chi connectivity index (χ4v) is 4.73. The van der Waals surface area contributed by atoms with Gasteiger partial charge in [0.1, 0.15) is 6.04 Å². The van der Waals surface area contributed by atoms with Crippen LogP contribution in [0.25, 0.3) is 0 Å². The number of hydrogen-bond donors (Lipinski definition) is 1. The van der Waals surface area contributed by atoms with Crippen LogP contribution in [-0.2, 0) is 28.7 Å². The first-order chi connectivity index (χ1) is 19.4. The molecule has 0 aliphatic rings. The minimum Gasteiger partial charge on any atom is -1.00 e. The molecule has 0 spiro atoms. The second kappa shape index (κ2) is 32.2. The van der Waals surface area contributed by atoms with Crippen LogP contribution < -0.4 is 35.3 Å². The Balaban J connectivity index is -0.00000760. The normalized spacial score (nSPS) is 11.5. The van der Waals surface area contributed by atoms with E-state index in [1.165, 1.54) is 103 Å². The van der Waals surface area contributed by atoms with Gasteiger partial charge in [-0.3, -0.25) is 14.4 Å². The van der Waals surface area contributed by atoms with Gasteiger partial charge >= 0.3 is 53.4 Å². The fraction of sp³-hybridized carbons (Fsp3) is 0.879. The summed E-state index contributed by atoms with van der Waals surface area (Å²) in [4.78, 5) is 47.7. The van der Waals surface area contributed by atoms with E-state index >= 15 is 0 Å². The Bertz CT molecular complexity index is 664. The zero-order chi connectivity index (χ0) is 29.7. The van der Waals surface area contributed by atoms with Gasteiger partial charge in [0, 0.05) is 19.3 Å². The minimum atomic E-state index is -1.10. The molecule has 236 valence electrons. The number of carbonyl (C=O) groups is 4. The van der Waals surface area contributed by atoms with Crippen LogP contribution in [0.5, 0.6) is 0 Å². The molecule has 0 fully saturated rings. The van der Waals surface area contributed by atoms with Crippen molar-refractivity contribution in [3.05, 3.63) is 0 Å². The summed E-state index contributed by atoms with van der Waals surface area (Å²) in [5.41, 5.74) is 5.76. The molecule has 0 aliphatic heterocycles. The van der Waals surface area contributed by atoms with E-state index in [9.17, 15) is 19.2 Å². The zero-order valence-electron chi connectivity index (χ0n) is 28.0. The second-order valence-corrected chi connectivity index (χ2v) is 11.4. The molecule has 2 N–H and O–H groups in total. The molecule has 0 aromatic carbocycles. The molecule has 0 bridgehead atoms. The molecular weight excluding hydrogens is 529 g/mol. The Hall–Kier alpha value is -0.760. The molecule has 0 aromatic rings. The zero-order valence-corrected chi connectivity index (χ0v) is 29.0. The van der Waals surface area contributed by atoms with Gasteiger partial charge in [0.05, 0.1) is 0 Å². The van der Waals surface area contributed by atoms with Gasteiger partial charge < -0.3 is 16.6 Å². The van der Waals surface area contributed by atoms with Gasteiger partial charge in [-0.25, -0.2) is 4.79 Å². The molecular formula is C33H62NNaO6. The summed E-state index contributed by atoms with van der Waals surface area (Å²) in [5, 5.41) is 0. The molecule has 0 saturated heterocycles. The molecule has 0 rings (SSSR count). The smallest absolute Gasteiger partial charge is 1.00 e. The third-order valence-corrected chi connectivity index (χ3v) is 7.37. The van der Waals surface area contributed by atoms with Crippen molar-refractivity contribution in [1.82, 2.24) is 0 Å². The number of ether oxygens (including phenoxy) is 2. The number of rotatable bonds is 28. The largest absolute Gasteiger partial charge is 1.00 e. The van der Waals surface area contributed by atoms with Crippen molar-refractivity contribution in [1.29, 1.82) is 0 Å². The molecule has 0 unspecified atom stereocenters. The predicted molar refractivity (Wildman–Crippen MR) is 163 cm³/mol. The first-order valence-corrected chi connectivity index (χ1v) is 16.6. The van der Waals surface area contributed by atoms with E-state index < -0.39 is 29.9 Å². The number of esters is 4. The van der Waals surface area contributed by atoms with E-state index in [-0.39, 0.29) is 56.7 Å². The summed E-state index contributed by atoms with van der Waals surface area (Å²) in [7, 11) is 0. The SMILES string of the molecule is CCCCCCCCCCCCCCCC(=O)OC(=O)[C@@H](N)CCC(=O)OC(=O)CCCCCCCCCCC.[H-].[Na+]. The van der Waals surface area contributed by atoms with Gasteiger partial charge in [0.2, 0.25) is 0 Å². The van der Waals surface area contributed by atoms with Gasteiger partial charge in [-0.2, -0.15) is 0 Å². The van der Waals surface area contributed by atoms with E-state index in [0.717, 1.165) is 25.7 Å². The van der Waals surface area contributed by atoms with Gasteiger partial charge in [-0.15, -0.1) is 0 Å². The predicted octanol–water partition coefficient (Wildman–Crippen LogP) is 5.75. The van der Waals surface area contributed by atoms with E-state index in [4.69, 9.17) is 15.2 Å². The molecule has 8 heteroatoms. The van der Waals surface area contributed by atoms with Crippen LogP contribution in [-0.4, -0.2) is 29.9 Å². The quantitative estimate of drug-likeness (QED) is 0.0533. The molecule has 0 aliphatic carbocycles. The van der Waals surface area contributed by atoms with Crippen molar-refractivity contribution >= 4 is 23.9 Å². The van der Waals surface area contributed by atoms with Crippen molar-refractivity contribution in [2.45, 2.75) is 187 Å². The number of carbonyl (C=O) groups excluding carboxylic acids is 4. The van der Waals surface area contributed by atoms with E-state index in [1.807, 2.05) is 0 Å². The summed E-state index contributed by atoms with van der Waals surface area (Å²) in [6.45, 7) is 4.45. The minimum absolute atomic E-state index is 0. The summed E-state index contributed by atoms with van der Waals surface area (Å²) < 4.78 is 9.63. The topological polar surface area (TPSA) is 113 Å². The van der Waals surface area contributed by atoms with E-state index in [0.29, 0.717) is 12.8 Å². The van der Waals surface area contributed by atoms with Crippen molar-refractivity contribution in [2.24, 2.45) is 5.73 Å². The molecule has 0 amide bonds. The van der Waals surface area contributed by atoms with Gasteiger partial charge in [0.25, 0.3) is 0 Å². The van der Waals surface area contributed by atoms with Crippen molar-refractivity contribution in [3.8, 4) is 0 Å². The van der Waals surface area contributed by atoms with Crippen LogP contribution in [0.4, 0.5) is 0 Å². The number of nitrogens with two attached hydrogens (primary N) is 1. The fourth-order valence-electron chi connectivity index (χ4n) is 4.73. The second-order valence-electron chi connectivity index (χ2n) is 11.4. The Morgan fingerprint density at radius 1 is 0.488 bits per heavy atom. The monoisotopic (exact) mass is 591 g/mol. The van der Waals surface area contributed by atoms with Gasteiger partial charge in [-0.1, -0.05) is 142 Å². The Morgan fingerprint density at radius 3 is 1.15 bits per heavy atom. The van der Waals surface area contributed by atoms with Crippen LogP contribution in [0.15, 0.2) is 0 Å². The Labute approximate surface area is 275 Å². The van der Waals surface area contributed by atoms with Crippen molar-refractivity contribution in [3.63, 3.8) is 0 Å². The maximum Gasteiger partial charge on any atom is 1.00 e. The summed E-state index contributed by atoms with van der Waals surface area (Å²) in [6.07, 6.45) is 26.2. The first-order valence-electron chi connectivity index (χ1n) is 16.6. The van der Waals surface area contributed by atoms with Crippen LogP contribution in [0.3, 0.4) is 0 Å². The molecule has 0 aromatic heterocycles. The molecule has 41 heavy (non-hydrogen) atoms. The summed E-state index contributed by atoms with van der Waals surface area (Å²) >= 11 is 0. The standard InChI is InChI=1S/C33H61NO6.Na.H/c1-3-5-7-9-11-13-14-15-16-18-20-22-24-26-31(36)40-33(38)29(34)27-28-32(37)39-30(35)25-23-21-19-17-12-10-8-6-4-2;;/h29H,3-28,34H2,1-2H3;;/q;+1;-1/t29-;;/m0../s1. The third kappa shape index (κ3) is 30.5. The Morgan fingerprint density at radius 2 is 0.780 bits per heavy atom. The molecule has 1 atom stereocenters. The maximum atomic E-state index is 12.0. The van der Waals surface area contributed by atoms with E-state index in [1.54, 1.807) is 0 Å². The summed E-state index contributed by atoms with van der Waals surface area (Å²) in [6, 6.07) is -1.10. The molecule has 0 heterocycles. The average Bonchev–Trinajstić information content (AvgIpc) is 2.93. The summed E-state index contributed by atoms with van der Waals surface area (Å²) in [5.74, 6) is -2.67. The van der Waals surface area contributed by atoms with Crippen LogP contribution >= 0.6 is 0 Å².